The summed E-state index contributed by atoms with van der Waals surface area (Å²) in [7, 11) is 1.64. The molecule has 0 atom stereocenters. The van der Waals surface area contributed by atoms with Crippen molar-refractivity contribution in [2.75, 3.05) is 26.9 Å². The molecule has 0 aliphatic carbocycles. The van der Waals surface area contributed by atoms with Crippen LogP contribution in [0.25, 0.3) is 0 Å². The normalized spacial score (nSPS) is 11.2. The molecule has 1 aromatic heterocycles. The molecule has 158 valence electrons. The summed E-state index contributed by atoms with van der Waals surface area (Å²) in [6.07, 6.45) is 1.78. The minimum atomic E-state index is -1.29. The van der Waals surface area contributed by atoms with E-state index in [-0.39, 0.29) is 0 Å². The number of nitriles is 4. The van der Waals surface area contributed by atoms with Gasteiger partial charge in [0, 0.05) is 23.3 Å². The number of methoxy groups -OCH3 is 1. The van der Waals surface area contributed by atoms with E-state index in [1.807, 2.05) is 18.2 Å². The first kappa shape index (κ1) is 24.1. The monoisotopic (exact) mass is 432 g/mol. The zero-order valence-electron chi connectivity index (χ0n) is 17.7. The molecule has 1 aromatic carbocycles. The lowest BCUT2D eigenvalue weighted by Gasteiger charge is -2.20. The van der Waals surface area contributed by atoms with E-state index in [0.717, 1.165) is 11.3 Å². The molecule has 31 heavy (non-hydrogen) atoms. The quantitative estimate of drug-likeness (QED) is 0.492. The Hall–Kier alpha value is -3.20. The van der Waals surface area contributed by atoms with Crippen molar-refractivity contribution < 1.29 is 9.47 Å². The number of rotatable bonds is 11. The van der Waals surface area contributed by atoms with Gasteiger partial charge in [0.25, 0.3) is 0 Å². The van der Waals surface area contributed by atoms with Crippen molar-refractivity contribution in [1.29, 1.82) is 21.0 Å². The maximum Gasteiger partial charge on any atom is 0.169 e. The van der Waals surface area contributed by atoms with Crippen LogP contribution in [-0.2, 0) is 33.1 Å². The molecule has 2 aromatic rings. The van der Waals surface area contributed by atoms with E-state index in [0.29, 0.717) is 43.8 Å². The highest BCUT2D eigenvalue weighted by molar-refractivity contribution is 7.11. The van der Waals surface area contributed by atoms with Crippen LogP contribution in [0.4, 0.5) is 0 Å². The average Bonchev–Trinajstić information content (AvgIpc) is 3.27. The van der Waals surface area contributed by atoms with Crippen molar-refractivity contribution in [3.63, 3.8) is 0 Å². The summed E-state index contributed by atoms with van der Waals surface area (Å²) >= 11 is 1.66. The first-order chi connectivity index (χ1) is 15.0. The minimum Gasteiger partial charge on any atom is -0.382 e. The molecule has 0 N–H and O–H groups in total. The highest BCUT2D eigenvalue weighted by atomic mass is 32.1. The molecule has 0 aliphatic heterocycles. The van der Waals surface area contributed by atoms with Crippen molar-refractivity contribution in [3.05, 3.63) is 57.3 Å². The molecule has 0 amide bonds. The Balaban J connectivity index is 2.07. The zero-order valence-corrected chi connectivity index (χ0v) is 18.5. The molecule has 2 rings (SSSR count). The number of ether oxygens (including phenoxy) is 2. The third-order valence-electron chi connectivity index (χ3n) is 5.17. The molecule has 0 aliphatic rings. The molecule has 0 saturated carbocycles. The Kier molecular flexibility index (Phi) is 8.75. The largest absolute Gasteiger partial charge is 0.382 e. The van der Waals surface area contributed by atoms with Crippen LogP contribution in [0, 0.1) is 45.3 Å². The lowest BCUT2D eigenvalue weighted by atomic mass is 9.77. The summed E-state index contributed by atoms with van der Waals surface area (Å²) in [6, 6.07) is 19.1. The fraction of sp³-hybridized carbons (Fsp3) is 0.417. The van der Waals surface area contributed by atoms with Crippen LogP contribution in [0.5, 0.6) is 0 Å². The summed E-state index contributed by atoms with van der Waals surface area (Å²) in [5, 5.41) is 38.2. The summed E-state index contributed by atoms with van der Waals surface area (Å²) < 4.78 is 10.4. The number of nitrogens with zero attached hydrogens (tertiary/aromatic N) is 4. The number of aryl methyl sites for hydroxylation is 1. The van der Waals surface area contributed by atoms with Crippen molar-refractivity contribution in [3.8, 4) is 24.3 Å². The Morgan fingerprint density at radius 2 is 1.35 bits per heavy atom. The molecule has 0 bridgehead atoms. The Labute approximate surface area is 187 Å². The lowest BCUT2D eigenvalue weighted by molar-refractivity contribution is 0.0725. The SMILES string of the molecule is COCCOCCc1ccc(CCC(C#N)(C#N)c2ccc(C(C)(C#N)C#N)cc2)s1. The molecule has 0 radical (unpaired) electrons. The predicted octanol–water partition coefficient (Wildman–Crippen LogP) is 4.18. The number of hydrogen-bond donors (Lipinski definition) is 0. The van der Waals surface area contributed by atoms with Crippen LogP contribution in [0.3, 0.4) is 0 Å². The molecule has 7 heteroatoms. The fourth-order valence-electron chi connectivity index (χ4n) is 3.07. The summed E-state index contributed by atoms with van der Waals surface area (Å²) in [6.45, 7) is 3.32. The van der Waals surface area contributed by atoms with Gasteiger partial charge in [-0.15, -0.1) is 11.3 Å². The van der Waals surface area contributed by atoms with Gasteiger partial charge in [-0.3, -0.25) is 0 Å². The Morgan fingerprint density at radius 3 is 1.90 bits per heavy atom. The average molecular weight is 433 g/mol. The molecule has 0 saturated heterocycles. The van der Waals surface area contributed by atoms with E-state index < -0.39 is 10.8 Å². The topological polar surface area (TPSA) is 114 Å². The number of thiophene rings is 1. The number of hydrogen-bond acceptors (Lipinski definition) is 7. The van der Waals surface area contributed by atoms with Crippen molar-refractivity contribution >= 4 is 11.3 Å². The molecule has 1 heterocycles. The van der Waals surface area contributed by atoms with Gasteiger partial charge in [0.15, 0.2) is 10.8 Å². The highest BCUT2D eigenvalue weighted by Gasteiger charge is 2.33. The Morgan fingerprint density at radius 1 is 0.774 bits per heavy atom. The molecule has 0 fully saturated rings. The van der Waals surface area contributed by atoms with Gasteiger partial charge in [0.1, 0.15) is 0 Å². The van der Waals surface area contributed by atoms with Crippen molar-refractivity contribution in [2.45, 2.75) is 37.0 Å². The summed E-state index contributed by atoms with van der Waals surface area (Å²) in [5.41, 5.74) is -1.44. The third-order valence-corrected chi connectivity index (χ3v) is 6.38. The minimum absolute atomic E-state index is 0.359. The zero-order chi connectivity index (χ0) is 22.7. The van der Waals surface area contributed by atoms with Crippen LogP contribution >= 0.6 is 11.3 Å². The van der Waals surface area contributed by atoms with Gasteiger partial charge in [0.05, 0.1) is 44.1 Å². The molecule has 0 unspecified atom stereocenters. The van der Waals surface area contributed by atoms with Gasteiger partial charge < -0.3 is 9.47 Å². The van der Waals surface area contributed by atoms with Gasteiger partial charge >= 0.3 is 0 Å². The van der Waals surface area contributed by atoms with Gasteiger partial charge in [-0.25, -0.2) is 0 Å². The summed E-state index contributed by atoms with van der Waals surface area (Å²) in [5.74, 6) is 0. The second-order valence-corrected chi connectivity index (χ2v) is 8.53. The van der Waals surface area contributed by atoms with Crippen LogP contribution in [-0.4, -0.2) is 26.9 Å². The second kappa shape index (κ2) is 11.3. The molecular formula is C24H24N4O2S. The van der Waals surface area contributed by atoms with Crippen molar-refractivity contribution in [1.82, 2.24) is 0 Å². The van der Waals surface area contributed by atoms with E-state index in [1.54, 1.807) is 49.6 Å². The smallest absolute Gasteiger partial charge is 0.169 e. The maximum absolute atomic E-state index is 9.82. The third kappa shape index (κ3) is 5.91. The van der Waals surface area contributed by atoms with E-state index in [2.05, 4.69) is 18.2 Å². The number of benzene rings is 1. The van der Waals surface area contributed by atoms with E-state index in [1.165, 1.54) is 4.88 Å². The van der Waals surface area contributed by atoms with Gasteiger partial charge in [-0.2, -0.15) is 21.0 Å². The van der Waals surface area contributed by atoms with Gasteiger partial charge in [-0.1, -0.05) is 24.3 Å². The van der Waals surface area contributed by atoms with E-state index in [9.17, 15) is 21.0 Å². The van der Waals surface area contributed by atoms with Gasteiger partial charge in [-0.05, 0) is 43.0 Å². The Bertz CT molecular complexity index is 1000. The predicted molar refractivity (Wildman–Crippen MR) is 117 cm³/mol. The molecular weight excluding hydrogens is 408 g/mol. The van der Waals surface area contributed by atoms with E-state index in [4.69, 9.17) is 9.47 Å². The summed E-state index contributed by atoms with van der Waals surface area (Å²) in [4.78, 5) is 2.31. The lowest BCUT2D eigenvalue weighted by Crippen LogP contribution is -2.23. The fourth-order valence-corrected chi connectivity index (χ4v) is 4.07. The second-order valence-electron chi connectivity index (χ2n) is 7.28. The maximum atomic E-state index is 9.82. The first-order valence-corrected chi connectivity index (χ1v) is 10.7. The van der Waals surface area contributed by atoms with E-state index >= 15 is 0 Å². The first-order valence-electron chi connectivity index (χ1n) is 9.87. The molecule has 6 nitrogen and oxygen atoms in total. The van der Waals surface area contributed by atoms with Crippen molar-refractivity contribution in [2.24, 2.45) is 0 Å². The van der Waals surface area contributed by atoms with Crippen LogP contribution in [0.15, 0.2) is 36.4 Å². The van der Waals surface area contributed by atoms with Crippen LogP contribution in [0.2, 0.25) is 0 Å². The highest BCUT2D eigenvalue weighted by Crippen LogP contribution is 2.32. The molecule has 0 spiro atoms. The van der Waals surface area contributed by atoms with Gasteiger partial charge in [0.2, 0.25) is 0 Å². The standard InChI is InChI=1S/C24H24N4O2S/c1-23(15-25,16-26)19-3-5-20(6-4-19)24(17-27,18-28)11-9-21-7-8-22(31-21)10-12-30-14-13-29-2/h3-8H,9-14H2,1-2H3. The van der Waals surface area contributed by atoms with Crippen LogP contribution < -0.4 is 0 Å². The van der Waals surface area contributed by atoms with Crippen LogP contribution in [0.1, 0.15) is 34.2 Å².